The highest BCUT2D eigenvalue weighted by Crippen LogP contribution is 2.36. The topological polar surface area (TPSA) is 122 Å². The molecule has 0 aliphatic heterocycles. The molecule has 0 aliphatic carbocycles. The minimum Gasteiger partial charge on any atom is -0.495 e. The van der Waals surface area contributed by atoms with Crippen molar-refractivity contribution in [2.75, 3.05) is 17.7 Å². The van der Waals surface area contributed by atoms with Crippen LogP contribution in [-0.2, 0) is 20.2 Å². The molecule has 1 aromatic heterocycles. The van der Waals surface area contributed by atoms with Crippen LogP contribution < -0.4 is 20.7 Å². The third kappa shape index (κ3) is 6.76. The van der Waals surface area contributed by atoms with Crippen LogP contribution in [0.4, 0.5) is 36.3 Å². The minimum atomic E-state index is -5.03. The largest absolute Gasteiger partial charge is 0.495 e. The fourth-order valence-electron chi connectivity index (χ4n) is 3.88. The molecule has 0 saturated carbocycles. The summed E-state index contributed by atoms with van der Waals surface area (Å²) in [6.45, 7) is 7.73. The van der Waals surface area contributed by atoms with Crippen molar-refractivity contribution >= 4 is 50.5 Å². The van der Waals surface area contributed by atoms with E-state index in [2.05, 4.69) is 20.6 Å². The third-order valence-electron chi connectivity index (χ3n) is 5.96. The van der Waals surface area contributed by atoms with E-state index in [-0.39, 0.29) is 33.1 Å². The van der Waals surface area contributed by atoms with Gasteiger partial charge in [-0.25, -0.2) is 13.4 Å². The molecular formula is C26H29ClF3N5O4S. The van der Waals surface area contributed by atoms with Crippen LogP contribution in [0.15, 0.2) is 47.5 Å². The Balaban J connectivity index is 1.95. The zero-order valence-electron chi connectivity index (χ0n) is 22.6. The van der Waals surface area contributed by atoms with E-state index in [0.717, 1.165) is 0 Å². The van der Waals surface area contributed by atoms with Gasteiger partial charge in [0.05, 0.1) is 40.4 Å². The number of ether oxygens (including phenoxy) is 1. The summed E-state index contributed by atoms with van der Waals surface area (Å²) in [4.78, 5) is 20.2. The summed E-state index contributed by atoms with van der Waals surface area (Å²) in [6.07, 6.45) is -3.71. The van der Waals surface area contributed by atoms with E-state index in [1.165, 1.54) is 39.3 Å². The first kappa shape index (κ1) is 31.0. The smallest absolute Gasteiger partial charge is 0.471 e. The Labute approximate surface area is 235 Å². The number of carbonyl (C=O) groups is 1. The number of aromatic nitrogens is 2. The molecule has 2 aromatic carbocycles. The number of nitrogens with one attached hydrogen (secondary N) is 3. The third-order valence-corrected chi connectivity index (χ3v) is 8.45. The van der Waals surface area contributed by atoms with Crippen molar-refractivity contribution in [3.05, 3.63) is 58.7 Å². The summed E-state index contributed by atoms with van der Waals surface area (Å²) < 4.78 is 69.7. The second-order valence-corrected chi connectivity index (χ2v) is 12.6. The highest BCUT2D eigenvalue weighted by molar-refractivity contribution is 7.92. The fraction of sp³-hybridized carbons (Fsp3) is 0.346. The van der Waals surface area contributed by atoms with E-state index in [0.29, 0.717) is 16.8 Å². The number of nitrogens with zero attached hydrogens (tertiary/aromatic N) is 2. The van der Waals surface area contributed by atoms with Gasteiger partial charge < -0.3 is 20.7 Å². The number of alkyl halides is 3. The number of sulfone groups is 1. The van der Waals surface area contributed by atoms with Gasteiger partial charge in [0.1, 0.15) is 10.8 Å². The number of hydrogen-bond donors (Lipinski definition) is 3. The van der Waals surface area contributed by atoms with Crippen molar-refractivity contribution in [1.29, 1.82) is 0 Å². The molecule has 1 heterocycles. The summed E-state index contributed by atoms with van der Waals surface area (Å²) >= 11 is 6.30. The van der Waals surface area contributed by atoms with Crippen LogP contribution in [0.5, 0.6) is 5.75 Å². The first-order valence-electron chi connectivity index (χ1n) is 12.0. The number of halogens is 4. The molecule has 14 heteroatoms. The Morgan fingerprint density at radius 2 is 1.73 bits per heavy atom. The van der Waals surface area contributed by atoms with Crippen molar-refractivity contribution in [2.45, 2.75) is 56.5 Å². The van der Waals surface area contributed by atoms with Crippen molar-refractivity contribution in [1.82, 2.24) is 15.3 Å². The average Bonchev–Trinajstić information content (AvgIpc) is 2.85. The van der Waals surface area contributed by atoms with Gasteiger partial charge in [-0.15, -0.1) is 0 Å². The van der Waals surface area contributed by atoms with Gasteiger partial charge in [-0.2, -0.15) is 18.2 Å². The van der Waals surface area contributed by atoms with Gasteiger partial charge in [0.2, 0.25) is 5.95 Å². The van der Waals surface area contributed by atoms with Gasteiger partial charge in [0.25, 0.3) is 0 Å². The molecule has 0 radical (unpaired) electrons. The van der Waals surface area contributed by atoms with Crippen LogP contribution in [0.3, 0.4) is 0 Å². The SMILES string of the molecule is COc1cc(C(C)(C)NC(=O)C(F)(F)F)c(C)cc1Nc1ncc(Cl)c(Nc2ccccc2S(=O)(=O)C(C)C)n1. The van der Waals surface area contributed by atoms with Gasteiger partial charge in [-0.3, -0.25) is 4.79 Å². The highest BCUT2D eigenvalue weighted by Gasteiger charge is 2.42. The zero-order valence-corrected chi connectivity index (χ0v) is 24.1. The Morgan fingerprint density at radius 3 is 2.33 bits per heavy atom. The molecule has 1 amide bonds. The Hall–Kier alpha value is -3.58. The number of amides is 1. The van der Waals surface area contributed by atoms with Gasteiger partial charge in [0.15, 0.2) is 15.7 Å². The summed E-state index contributed by atoms with van der Waals surface area (Å²) in [5.74, 6) is -1.60. The molecule has 0 bridgehead atoms. The van der Waals surface area contributed by atoms with Crippen molar-refractivity contribution in [2.24, 2.45) is 0 Å². The molecule has 0 saturated heterocycles. The lowest BCUT2D eigenvalue weighted by Gasteiger charge is -2.30. The van der Waals surface area contributed by atoms with E-state index >= 15 is 0 Å². The quantitative estimate of drug-likeness (QED) is 0.272. The Bertz CT molecular complexity index is 1530. The van der Waals surface area contributed by atoms with Crippen LogP contribution in [0.2, 0.25) is 5.02 Å². The first-order chi connectivity index (χ1) is 18.5. The number of benzene rings is 2. The zero-order chi connectivity index (χ0) is 30.0. The summed E-state index contributed by atoms with van der Waals surface area (Å²) in [5, 5.41) is 7.43. The molecule has 0 spiro atoms. The number of aryl methyl sites for hydroxylation is 1. The molecule has 3 rings (SSSR count). The maximum atomic E-state index is 12.9. The molecule has 0 fully saturated rings. The lowest BCUT2D eigenvalue weighted by atomic mass is 9.89. The molecule has 0 unspecified atom stereocenters. The average molecular weight is 600 g/mol. The first-order valence-corrected chi connectivity index (χ1v) is 13.9. The second kappa shape index (κ2) is 11.5. The van der Waals surface area contributed by atoms with Gasteiger partial charge in [-0.1, -0.05) is 23.7 Å². The summed E-state index contributed by atoms with van der Waals surface area (Å²) in [5.41, 5.74) is 0.243. The van der Waals surface area contributed by atoms with E-state index in [4.69, 9.17) is 16.3 Å². The summed E-state index contributed by atoms with van der Waals surface area (Å²) in [7, 11) is -2.24. The Morgan fingerprint density at radius 1 is 1.07 bits per heavy atom. The molecule has 3 N–H and O–H groups in total. The minimum absolute atomic E-state index is 0.0752. The molecule has 40 heavy (non-hydrogen) atoms. The molecule has 0 atom stereocenters. The molecule has 9 nitrogen and oxygen atoms in total. The molecule has 0 aliphatic rings. The molecular weight excluding hydrogens is 571 g/mol. The van der Waals surface area contributed by atoms with Gasteiger partial charge >= 0.3 is 12.1 Å². The van der Waals surface area contributed by atoms with Crippen LogP contribution in [0.25, 0.3) is 0 Å². The van der Waals surface area contributed by atoms with Crippen molar-refractivity contribution in [3.63, 3.8) is 0 Å². The number of hydrogen-bond acceptors (Lipinski definition) is 8. The van der Waals surface area contributed by atoms with E-state index in [9.17, 15) is 26.4 Å². The van der Waals surface area contributed by atoms with Gasteiger partial charge in [0, 0.05) is 0 Å². The lowest BCUT2D eigenvalue weighted by molar-refractivity contribution is -0.175. The predicted octanol–water partition coefficient (Wildman–Crippen LogP) is 6.03. The highest BCUT2D eigenvalue weighted by atomic mass is 35.5. The van der Waals surface area contributed by atoms with Crippen LogP contribution >= 0.6 is 11.6 Å². The van der Waals surface area contributed by atoms with Crippen LogP contribution in [0.1, 0.15) is 38.8 Å². The summed E-state index contributed by atoms with van der Waals surface area (Å²) in [6, 6.07) is 9.49. The second-order valence-electron chi connectivity index (χ2n) is 9.67. The number of anilines is 4. The lowest BCUT2D eigenvalue weighted by Crippen LogP contribution is -2.47. The standard InChI is InChI=1S/C26H29ClF3N5O4S/c1-14(2)40(37,38)21-10-8-7-9-18(21)32-22-17(27)13-31-24(34-22)33-19-11-15(3)16(12-20(19)39-6)25(4,5)35-23(36)26(28,29)30/h7-14H,1-6H3,(H,35,36)(H2,31,32,33,34). The van der Waals surface area contributed by atoms with E-state index in [1.54, 1.807) is 45.0 Å². The van der Waals surface area contributed by atoms with E-state index in [1.807, 2.05) is 5.32 Å². The fourth-order valence-corrected chi connectivity index (χ4v) is 5.22. The molecule has 216 valence electrons. The van der Waals surface area contributed by atoms with Crippen molar-refractivity contribution < 1.29 is 31.1 Å². The molecule has 3 aromatic rings. The normalized spacial score (nSPS) is 12.3. The van der Waals surface area contributed by atoms with Crippen LogP contribution in [-0.4, -0.2) is 42.8 Å². The Kier molecular flexibility index (Phi) is 8.90. The van der Waals surface area contributed by atoms with Crippen molar-refractivity contribution in [3.8, 4) is 5.75 Å². The number of para-hydroxylation sites is 1. The van der Waals surface area contributed by atoms with Crippen LogP contribution in [0, 0.1) is 6.92 Å². The predicted molar refractivity (Wildman–Crippen MR) is 147 cm³/mol. The monoisotopic (exact) mass is 599 g/mol. The number of carbonyl (C=O) groups excluding carboxylic acids is 1. The maximum Gasteiger partial charge on any atom is 0.471 e. The van der Waals surface area contributed by atoms with Gasteiger partial charge in [-0.05, 0) is 70.0 Å². The maximum absolute atomic E-state index is 12.9. The van der Waals surface area contributed by atoms with E-state index < -0.39 is 32.7 Å². The number of methoxy groups -OCH3 is 1. The number of rotatable bonds is 9.